The molecule has 0 aliphatic rings. The number of carbonyl (C=O) groups excluding carboxylic acids is 1. The van der Waals surface area contributed by atoms with E-state index in [0.29, 0.717) is 23.7 Å². The summed E-state index contributed by atoms with van der Waals surface area (Å²) in [4.78, 5) is 27.2. The minimum absolute atomic E-state index is 0.140. The molecule has 0 bridgehead atoms. The minimum atomic E-state index is -0.332. The molecule has 31 heavy (non-hydrogen) atoms. The molecule has 1 aromatic heterocycles. The summed E-state index contributed by atoms with van der Waals surface area (Å²) in [6.07, 6.45) is 1.83. The Morgan fingerprint density at radius 3 is 2.42 bits per heavy atom. The SMILES string of the molecule is CCCCN(C(=O)Cn1nc(-c2ccc(OC)c(OC)c2)ccc1=O)c1ccccc1. The van der Waals surface area contributed by atoms with Gasteiger partial charge in [0.05, 0.1) is 19.9 Å². The number of methoxy groups -OCH3 is 2. The number of unbranched alkanes of at least 4 members (excludes halogenated alkanes) is 1. The Labute approximate surface area is 181 Å². The summed E-state index contributed by atoms with van der Waals surface area (Å²) in [6.45, 7) is 2.52. The van der Waals surface area contributed by atoms with Gasteiger partial charge in [-0.15, -0.1) is 0 Å². The van der Waals surface area contributed by atoms with Crippen LogP contribution in [0, 0.1) is 0 Å². The van der Waals surface area contributed by atoms with Crippen molar-refractivity contribution in [1.82, 2.24) is 9.78 Å². The second-order valence-electron chi connectivity index (χ2n) is 7.02. The van der Waals surface area contributed by atoms with Gasteiger partial charge >= 0.3 is 0 Å². The number of para-hydroxylation sites is 1. The molecule has 0 N–H and O–H groups in total. The van der Waals surface area contributed by atoms with Gasteiger partial charge < -0.3 is 14.4 Å². The van der Waals surface area contributed by atoms with Gasteiger partial charge in [-0.1, -0.05) is 31.5 Å². The molecule has 162 valence electrons. The van der Waals surface area contributed by atoms with Crippen LogP contribution in [-0.2, 0) is 11.3 Å². The number of aromatic nitrogens is 2. The van der Waals surface area contributed by atoms with E-state index in [2.05, 4.69) is 12.0 Å². The summed E-state index contributed by atoms with van der Waals surface area (Å²) in [5.41, 5.74) is 1.80. The van der Waals surface area contributed by atoms with Crippen molar-refractivity contribution in [3.8, 4) is 22.8 Å². The van der Waals surface area contributed by atoms with Gasteiger partial charge in [-0.2, -0.15) is 5.10 Å². The number of anilines is 1. The number of benzene rings is 2. The molecule has 0 saturated heterocycles. The van der Waals surface area contributed by atoms with Crippen molar-refractivity contribution >= 4 is 11.6 Å². The standard InChI is InChI=1S/C24H27N3O4/c1-4-5-15-26(19-9-7-6-8-10-19)24(29)17-27-23(28)14-12-20(25-27)18-11-13-21(30-2)22(16-18)31-3/h6-14,16H,4-5,15,17H2,1-3H3. The monoisotopic (exact) mass is 421 g/mol. The lowest BCUT2D eigenvalue weighted by Gasteiger charge is -2.23. The van der Waals surface area contributed by atoms with Crippen molar-refractivity contribution in [2.24, 2.45) is 0 Å². The van der Waals surface area contributed by atoms with Crippen LogP contribution >= 0.6 is 0 Å². The second kappa shape index (κ2) is 10.4. The Morgan fingerprint density at radius 1 is 1.00 bits per heavy atom. The summed E-state index contributed by atoms with van der Waals surface area (Å²) >= 11 is 0. The zero-order valence-corrected chi connectivity index (χ0v) is 18.1. The first-order valence-electron chi connectivity index (χ1n) is 10.2. The Hall–Kier alpha value is -3.61. The van der Waals surface area contributed by atoms with E-state index in [4.69, 9.17) is 9.47 Å². The number of hydrogen-bond acceptors (Lipinski definition) is 5. The largest absolute Gasteiger partial charge is 0.493 e. The summed E-state index contributed by atoms with van der Waals surface area (Å²) < 4.78 is 11.8. The molecule has 0 spiro atoms. The van der Waals surface area contributed by atoms with Crippen LogP contribution in [0.15, 0.2) is 65.5 Å². The highest BCUT2D eigenvalue weighted by atomic mass is 16.5. The molecule has 7 nitrogen and oxygen atoms in total. The number of hydrogen-bond donors (Lipinski definition) is 0. The molecule has 1 heterocycles. The van der Waals surface area contributed by atoms with Crippen LogP contribution in [0.1, 0.15) is 19.8 Å². The molecule has 2 aromatic carbocycles. The number of amides is 1. The van der Waals surface area contributed by atoms with Gasteiger partial charge in [-0.25, -0.2) is 4.68 Å². The van der Waals surface area contributed by atoms with E-state index < -0.39 is 0 Å². The van der Waals surface area contributed by atoms with Crippen LogP contribution in [-0.4, -0.2) is 36.5 Å². The molecule has 0 aliphatic carbocycles. The van der Waals surface area contributed by atoms with Crippen molar-refractivity contribution in [2.45, 2.75) is 26.3 Å². The molecule has 1 amide bonds. The highest BCUT2D eigenvalue weighted by molar-refractivity contribution is 5.93. The first kappa shape index (κ1) is 22.1. The van der Waals surface area contributed by atoms with Crippen LogP contribution in [0.5, 0.6) is 11.5 Å². The third-order valence-electron chi connectivity index (χ3n) is 4.94. The van der Waals surface area contributed by atoms with Gasteiger partial charge in [0.15, 0.2) is 11.5 Å². The highest BCUT2D eigenvalue weighted by Gasteiger charge is 2.17. The fourth-order valence-corrected chi connectivity index (χ4v) is 3.25. The zero-order valence-electron chi connectivity index (χ0n) is 18.1. The Balaban J connectivity index is 1.89. The Bertz CT molecular complexity index is 1080. The van der Waals surface area contributed by atoms with Crippen molar-refractivity contribution in [3.05, 3.63) is 71.0 Å². The van der Waals surface area contributed by atoms with Gasteiger partial charge in [0.25, 0.3) is 5.56 Å². The average Bonchev–Trinajstić information content (AvgIpc) is 2.81. The third-order valence-corrected chi connectivity index (χ3v) is 4.94. The molecule has 0 saturated carbocycles. The molecule has 0 aliphatic heterocycles. The highest BCUT2D eigenvalue weighted by Crippen LogP contribution is 2.31. The molecular formula is C24H27N3O4. The van der Waals surface area contributed by atoms with Crippen LogP contribution in [0.4, 0.5) is 5.69 Å². The van der Waals surface area contributed by atoms with Gasteiger partial charge in [0.2, 0.25) is 5.91 Å². The van der Waals surface area contributed by atoms with E-state index in [1.165, 1.54) is 10.7 Å². The average molecular weight is 421 g/mol. The Kier molecular flexibility index (Phi) is 7.43. The minimum Gasteiger partial charge on any atom is -0.493 e. The first-order chi connectivity index (χ1) is 15.1. The van der Waals surface area contributed by atoms with Crippen molar-refractivity contribution in [3.63, 3.8) is 0 Å². The molecule has 0 atom stereocenters. The topological polar surface area (TPSA) is 73.7 Å². The Morgan fingerprint density at radius 2 is 1.74 bits per heavy atom. The number of rotatable bonds is 9. The second-order valence-corrected chi connectivity index (χ2v) is 7.02. The van der Waals surface area contributed by atoms with Gasteiger partial charge in [0.1, 0.15) is 6.54 Å². The lowest BCUT2D eigenvalue weighted by molar-refractivity contribution is -0.119. The summed E-state index contributed by atoms with van der Waals surface area (Å²) in [5, 5.41) is 4.43. The van der Waals surface area contributed by atoms with Crippen LogP contribution < -0.4 is 19.9 Å². The van der Waals surface area contributed by atoms with Crippen LogP contribution in [0.25, 0.3) is 11.3 Å². The summed E-state index contributed by atoms with van der Waals surface area (Å²) in [5.74, 6) is 0.980. The fraction of sp³-hybridized carbons (Fsp3) is 0.292. The number of nitrogens with zero attached hydrogens (tertiary/aromatic N) is 3. The van der Waals surface area contributed by atoms with E-state index in [1.54, 1.807) is 37.3 Å². The molecule has 7 heteroatoms. The quantitative estimate of drug-likeness (QED) is 0.526. The number of ether oxygens (including phenoxy) is 2. The number of carbonyl (C=O) groups is 1. The molecule has 3 aromatic rings. The van der Waals surface area contributed by atoms with E-state index in [0.717, 1.165) is 24.1 Å². The lowest BCUT2D eigenvalue weighted by Crippen LogP contribution is -2.38. The maximum absolute atomic E-state index is 13.1. The predicted molar refractivity (Wildman–Crippen MR) is 121 cm³/mol. The maximum atomic E-state index is 13.1. The van der Waals surface area contributed by atoms with Gasteiger partial charge in [-0.3, -0.25) is 9.59 Å². The predicted octanol–water partition coefficient (Wildman–Crippen LogP) is 3.76. The van der Waals surface area contributed by atoms with Gasteiger partial charge in [0, 0.05) is 23.9 Å². The zero-order chi connectivity index (χ0) is 22.2. The molecule has 0 unspecified atom stereocenters. The molecule has 0 fully saturated rings. The maximum Gasteiger partial charge on any atom is 0.267 e. The molecular weight excluding hydrogens is 394 g/mol. The van der Waals surface area contributed by atoms with Crippen molar-refractivity contribution in [2.75, 3.05) is 25.7 Å². The third kappa shape index (κ3) is 5.31. The van der Waals surface area contributed by atoms with Crippen LogP contribution in [0.2, 0.25) is 0 Å². The molecule has 3 rings (SSSR count). The molecule has 0 radical (unpaired) electrons. The normalized spacial score (nSPS) is 10.5. The smallest absolute Gasteiger partial charge is 0.267 e. The van der Waals surface area contributed by atoms with E-state index in [1.807, 2.05) is 36.4 Å². The van der Waals surface area contributed by atoms with Crippen molar-refractivity contribution < 1.29 is 14.3 Å². The van der Waals surface area contributed by atoms with E-state index in [-0.39, 0.29) is 18.0 Å². The first-order valence-corrected chi connectivity index (χ1v) is 10.2. The van der Waals surface area contributed by atoms with Crippen molar-refractivity contribution in [1.29, 1.82) is 0 Å². The van der Waals surface area contributed by atoms with Gasteiger partial charge in [-0.05, 0) is 42.8 Å². The van der Waals surface area contributed by atoms with E-state index in [9.17, 15) is 9.59 Å². The van der Waals surface area contributed by atoms with E-state index >= 15 is 0 Å². The van der Waals surface area contributed by atoms with Crippen LogP contribution in [0.3, 0.4) is 0 Å². The summed E-state index contributed by atoms with van der Waals surface area (Å²) in [7, 11) is 3.13. The summed E-state index contributed by atoms with van der Waals surface area (Å²) in [6, 6.07) is 17.9. The lowest BCUT2D eigenvalue weighted by atomic mass is 10.1. The fourth-order valence-electron chi connectivity index (χ4n) is 3.25.